The van der Waals surface area contributed by atoms with Gasteiger partial charge in [-0.05, 0) is 36.2 Å². The molecule has 0 aliphatic rings. The number of anilines is 2. The summed E-state index contributed by atoms with van der Waals surface area (Å²) < 4.78 is 0. The van der Waals surface area contributed by atoms with Crippen LogP contribution in [0.5, 0.6) is 0 Å². The predicted molar refractivity (Wildman–Crippen MR) is 85.0 cm³/mol. The van der Waals surface area contributed by atoms with Crippen LogP contribution in [0.15, 0.2) is 42.6 Å². The van der Waals surface area contributed by atoms with Crippen molar-refractivity contribution in [1.29, 1.82) is 0 Å². The molecule has 5 nitrogen and oxygen atoms in total. The summed E-state index contributed by atoms with van der Waals surface area (Å²) in [6, 6.07) is 11.1. The van der Waals surface area contributed by atoms with Crippen molar-refractivity contribution in [2.45, 2.75) is 19.9 Å². The topological polar surface area (TPSA) is 85.2 Å². The maximum Gasteiger partial charge on any atom is 0.248 e. The number of primary amides is 1. The van der Waals surface area contributed by atoms with Crippen molar-refractivity contribution in [1.82, 2.24) is 4.98 Å². The number of benzene rings is 1. The van der Waals surface area contributed by atoms with Crippen molar-refractivity contribution < 1.29 is 4.79 Å². The van der Waals surface area contributed by atoms with Crippen LogP contribution in [0.2, 0.25) is 0 Å². The van der Waals surface area contributed by atoms with Crippen LogP contribution < -0.4 is 16.4 Å². The summed E-state index contributed by atoms with van der Waals surface area (Å²) in [6.45, 7) is 3.66. The van der Waals surface area contributed by atoms with Crippen molar-refractivity contribution in [3.63, 3.8) is 0 Å². The smallest absolute Gasteiger partial charge is 0.248 e. The van der Waals surface area contributed by atoms with E-state index in [2.05, 4.69) is 16.8 Å². The van der Waals surface area contributed by atoms with E-state index in [0.29, 0.717) is 12.1 Å². The third kappa shape index (κ3) is 3.95. The van der Waals surface area contributed by atoms with Crippen molar-refractivity contribution in [3.8, 4) is 0 Å². The average Bonchev–Trinajstić information content (AvgIpc) is 2.49. The molecule has 4 N–H and O–H groups in total. The molecule has 0 spiro atoms. The summed E-state index contributed by atoms with van der Waals surface area (Å²) in [5.41, 5.74) is 13.4. The lowest BCUT2D eigenvalue weighted by atomic mass is 10.2. The molecule has 0 aliphatic carbocycles. The molecule has 0 radical (unpaired) electrons. The average molecular weight is 284 g/mol. The van der Waals surface area contributed by atoms with Crippen LogP contribution in [-0.2, 0) is 6.54 Å². The van der Waals surface area contributed by atoms with Crippen LogP contribution in [0.4, 0.5) is 11.5 Å². The number of rotatable bonds is 6. The lowest BCUT2D eigenvalue weighted by molar-refractivity contribution is 0.1000. The Kier molecular flexibility index (Phi) is 4.77. The second kappa shape index (κ2) is 6.74. The molecule has 2 aromatic rings. The van der Waals surface area contributed by atoms with Gasteiger partial charge in [-0.3, -0.25) is 4.79 Å². The molecule has 21 heavy (non-hydrogen) atoms. The van der Waals surface area contributed by atoms with E-state index < -0.39 is 5.91 Å². The summed E-state index contributed by atoms with van der Waals surface area (Å²) in [5, 5.41) is 0. The molecule has 2 rings (SSSR count). The molecular weight excluding hydrogens is 264 g/mol. The number of nitrogens with zero attached hydrogens (tertiary/aromatic N) is 2. The van der Waals surface area contributed by atoms with Crippen molar-refractivity contribution in [2.24, 2.45) is 5.73 Å². The highest BCUT2D eigenvalue weighted by Gasteiger charge is 2.10. The summed E-state index contributed by atoms with van der Waals surface area (Å²) in [7, 11) is 0. The number of nitrogen functional groups attached to an aromatic ring is 1. The fourth-order valence-corrected chi connectivity index (χ4v) is 2.13. The van der Waals surface area contributed by atoms with Crippen LogP contribution >= 0.6 is 0 Å². The van der Waals surface area contributed by atoms with Gasteiger partial charge in [0.2, 0.25) is 5.91 Å². The minimum Gasteiger partial charge on any atom is -0.399 e. The number of hydrogen-bond acceptors (Lipinski definition) is 4. The first kappa shape index (κ1) is 14.8. The molecule has 0 bridgehead atoms. The Balaban J connectivity index is 2.23. The van der Waals surface area contributed by atoms with E-state index >= 15 is 0 Å². The number of amides is 1. The number of nitrogens with two attached hydrogens (primary N) is 2. The van der Waals surface area contributed by atoms with E-state index in [0.717, 1.165) is 30.0 Å². The van der Waals surface area contributed by atoms with E-state index in [9.17, 15) is 4.79 Å². The second-order valence-electron chi connectivity index (χ2n) is 4.93. The van der Waals surface area contributed by atoms with E-state index in [1.165, 1.54) is 0 Å². The Hall–Kier alpha value is -2.56. The SMILES string of the molecule is CCCN(Cc1ccc(N)cc1)c1cc(C(N)=O)ccn1. The number of aromatic nitrogens is 1. The normalized spacial score (nSPS) is 10.3. The third-order valence-electron chi connectivity index (χ3n) is 3.20. The van der Waals surface area contributed by atoms with Gasteiger partial charge < -0.3 is 16.4 Å². The number of hydrogen-bond donors (Lipinski definition) is 2. The van der Waals surface area contributed by atoms with Crippen molar-refractivity contribution >= 4 is 17.4 Å². The zero-order valence-corrected chi connectivity index (χ0v) is 12.1. The van der Waals surface area contributed by atoms with E-state index in [1.54, 1.807) is 18.3 Å². The molecule has 0 aliphatic heterocycles. The zero-order chi connectivity index (χ0) is 15.2. The van der Waals surface area contributed by atoms with Crippen LogP contribution in [0.1, 0.15) is 29.3 Å². The highest BCUT2D eigenvalue weighted by Crippen LogP contribution is 2.17. The van der Waals surface area contributed by atoms with Gasteiger partial charge in [0.25, 0.3) is 0 Å². The molecule has 0 fully saturated rings. The number of carbonyl (C=O) groups excluding carboxylic acids is 1. The maximum atomic E-state index is 11.3. The number of carbonyl (C=O) groups is 1. The largest absolute Gasteiger partial charge is 0.399 e. The van der Waals surface area contributed by atoms with Crippen molar-refractivity contribution in [3.05, 3.63) is 53.7 Å². The molecular formula is C16H20N4O. The minimum absolute atomic E-state index is 0.442. The van der Waals surface area contributed by atoms with Crippen LogP contribution in [-0.4, -0.2) is 17.4 Å². The molecule has 0 unspecified atom stereocenters. The first-order valence-corrected chi connectivity index (χ1v) is 6.95. The Morgan fingerprint density at radius 3 is 2.57 bits per heavy atom. The van der Waals surface area contributed by atoms with Gasteiger partial charge in [-0.25, -0.2) is 4.98 Å². The van der Waals surface area contributed by atoms with Crippen LogP contribution in [0.25, 0.3) is 0 Å². The van der Waals surface area contributed by atoms with Crippen LogP contribution in [0, 0.1) is 0 Å². The van der Waals surface area contributed by atoms with E-state index in [4.69, 9.17) is 11.5 Å². The fourth-order valence-electron chi connectivity index (χ4n) is 2.13. The van der Waals surface area contributed by atoms with Gasteiger partial charge in [0.15, 0.2) is 0 Å². The van der Waals surface area contributed by atoms with Gasteiger partial charge in [-0.15, -0.1) is 0 Å². The summed E-state index contributed by atoms with van der Waals surface area (Å²) in [4.78, 5) is 17.8. The summed E-state index contributed by atoms with van der Waals surface area (Å²) in [6.07, 6.45) is 2.60. The quantitative estimate of drug-likeness (QED) is 0.796. The Bertz CT molecular complexity index is 610. The first-order chi connectivity index (χ1) is 10.1. The van der Waals surface area contributed by atoms with Gasteiger partial charge in [-0.1, -0.05) is 19.1 Å². The lowest BCUT2D eigenvalue weighted by Crippen LogP contribution is -2.25. The van der Waals surface area contributed by atoms with Gasteiger partial charge in [-0.2, -0.15) is 0 Å². The minimum atomic E-state index is -0.442. The molecule has 1 aromatic carbocycles. The van der Waals surface area contributed by atoms with Gasteiger partial charge in [0.1, 0.15) is 5.82 Å². The Morgan fingerprint density at radius 2 is 1.95 bits per heavy atom. The molecule has 5 heteroatoms. The monoisotopic (exact) mass is 284 g/mol. The summed E-state index contributed by atoms with van der Waals surface area (Å²) >= 11 is 0. The predicted octanol–water partition coefficient (Wildman–Crippen LogP) is 2.18. The van der Waals surface area contributed by atoms with E-state index in [-0.39, 0.29) is 0 Å². The molecule has 0 atom stereocenters. The van der Waals surface area contributed by atoms with Crippen molar-refractivity contribution in [2.75, 3.05) is 17.2 Å². The fraction of sp³-hybridized carbons (Fsp3) is 0.250. The Morgan fingerprint density at radius 1 is 1.24 bits per heavy atom. The highest BCUT2D eigenvalue weighted by atomic mass is 16.1. The second-order valence-corrected chi connectivity index (χ2v) is 4.93. The maximum absolute atomic E-state index is 11.3. The van der Waals surface area contributed by atoms with E-state index in [1.807, 2.05) is 24.3 Å². The molecule has 1 heterocycles. The van der Waals surface area contributed by atoms with Gasteiger partial charge in [0.05, 0.1) is 0 Å². The van der Waals surface area contributed by atoms with Gasteiger partial charge in [0, 0.05) is 30.5 Å². The zero-order valence-electron chi connectivity index (χ0n) is 12.1. The van der Waals surface area contributed by atoms with Crippen LogP contribution in [0.3, 0.4) is 0 Å². The molecule has 0 saturated heterocycles. The first-order valence-electron chi connectivity index (χ1n) is 6.95. The molecule has 1 aromatic heterocycles. The molecule has 1 amide bonds. The third-order valence-corrected chi connectivity index (χ3v) is 3.20. The standard InChI is InChI=1S/C16H20N4O/c1-2-9-20(11-12-3-5-14(17)6-4-12)15-10-13(16(18)21)7-8-19-15/h3-8,10H,2,9,11,17H2,1H3,(H2,18,21). The molecule has 110 valence electrons. The summed E-state index contributed by atoms with van der Waals surface area (Å²) in [5.74, 6) is 0.313. The Labute approximate surface area is 124 Å². The number of pyridine rings is 1. The molecule has 0 saturated carbocycles. The highest BCUT2D eigenvalue weighted by molar-refractivity contribution is 5.93. The van der Waals surface area contributed by atoms with Gasteiger partial charge >= 0.3 is 0 Å². The lowest BCUT2D eigenvalue weighted by Gasteiger charge is -2.23.